The van der Waals surface area contributed by atoms with Crippen molar-refractivity contribution in [3.8, 4) is 5.75 Å². The minimum atomic E-state index is -1.10. The van der Waals surface area contributed by atoms with Gasteiger partial charge in [0.05, 0.1) is 31.6 Å². The zero-order valence-electron chi connectivity index (χ0n) is 20.8. The van der Waals surface area contributed by atoms with Gasteiger partial charge in [-0.2, -0.15) is 0 Å². The highest BCUT2D eigenvalue weighted by Crippen LogP contribution is 2.37. The van der Waals surface area contributed by atoms with E-state index in [1.54, 1.807) is 12.1 Å². The molecule has 1 fully saturated rings. The molecule has 2 aliphatic heterocycles. The molecular formula is C28H28N2O8. The summed E-state index contributed by atoms with van der Waals surface area (Å²) in [5.41, 5.74) is 0.935. The second kappa shape index (κ2) is 10.3. The summed E-state index contributed by atoms with van der Waals surface area (Å²) >= 11 is 0. The fraction of sp³-hybridized carbons (Fsp3) is 0.357. The molecule has 10 nitrogen and oxygen atoms in total. The summed E-state index contributed by atoms with van der Waals surface area (Å²) in [4.78, 5) is 50.8. The van der Waals surface area contributed by atoms with Crippen LogP contribution in [0.2, 0.25) is 0 Å². The van der Waals surface area contributed by atoms with E-state index in [-0.39, 0.29) is 35.1 Å². The highest BCUT2D eigenvalue weighted by molar-refractivity contribution is 5.87. The Morgan fingerprint density at radius 2 is 1.87 bits per heavy atom. The Labute approximate surface area is 217 Å². The van der Waals surface area contributed by atoms with Crippen molar-refractivity contribution in [3.05, 3.63) is 97.4 Å². The predicted molar refractivity (Wildman–Crippen MR) is 135 cm³/mol. The van der Waals surface area contributed by atoms with Gasteiger partial charge in [0.2, 0.25) is 11.2 Å². The standard InChI is InChI=1S/C28H28N2O8/c1-37-25(33)11-21(17-5-7-18(8-6-17)28(35)36)27-26(34)23(31)10-20(38-27)15-29-12-16-9-19(14-29)22-3-2-4-24(32)30(22)13-16/h2-8,10,16,19,21,34H,9,11-15H2,1H3,(H,35,36)/t16-,19+,21+/m1/s1. The number of pyridine rings is 1. The van der Waals surface area contributed by atoms with E-state index >= 15 is 0 Å². The second-order valence-corrected chi connectivity index (χ2v) is 9.94. The van der Waals surface area contributed by atoms with Gasteiger partial charge in [0.1, 0.15) is 5.76 Å². The van der Waals surface area contributed by atoms with Gasteiger partial charge in [-0.05, 0) is 36.1 Å². The molecule has 2 aromatic heterocycles. The van der Waals surface area contributed by atoms with E-state index in [1.807, 2.05) is 10.6 Å². The number of piperidine rings is 1. The first-order chi connectivity index (χ1) is 18.2. The number of hydrogen-bond donors (Lipinski definition) is 2. The molecule has 0 saturated carbocycles. The SMILES string of the molecule is COC(=O)C[C@@H](c1ccc(C(=O)O)cc1)c1oc(CN2C[C@H]3C[C@@H](C2)c2cccc(=O)n2C3)cc(=O)c1O. The van der Waals surface area contributed by atoms with Gasteiger partial charge in [-0.3, -0.25) is 19.3 Å². The molecule has 0 aliphatic carbocycles. The van der Waals surface area contributed by atoms with Crippen molar-refractivity contribution in [3.63, 3.8) is 0 Å². The van der Waals surface area contributed by atoms with Crippen LogP contribution in [0.1, 0.15) is 57.8 Å². The maximum atomic E-state index is 12.8. The number of aromatic nitrogens is 1. The van der Waals surface area contributed by atoms with Crippen LogP contribution in [0.5, 0.6) is 5.75 Å². The van der Waals surface area contributed by atoms with Gasteiger partial charge in [0.15, 0.2) is 5.76 Å². The number of carbonyl (C=O) groups is 2. The quantitative estimate of drug-likeness (QED) is 0.450. The minimum absolute atomic E-state index is 0.00728. The van der Waals surface area contributed by atoms with Crippen LogP contribution >= 0.6 is 0 Å². The number of nitrogens with zero attached hydrogens (tertiary/aromatic N) is 2. The van der Waals surface area contributed by atoms with E-state index in [0.29, 0.717) is 31.0 Å². The van der Waals surface area contributed by atoms with Crippen LogP contribution in [-0.2, 0) is 22.6 Å². The van der Waals surface area contributed by atoms with Gasteiger partial charge in [0.25, 0.3) is 5.56 Å². The minimum Gasteiger partial charge on any atom is -0.502 e. The Bertz CT molecular complexity index is 1490. The number of esters is 1. The molecule has 0 spiro atoms. The predicted octanol–water partition coefficient (Wildman–Crippen LogP) is 2.52. The van der Waals surface area contributed by atoms with Crippen molar-refractivity contribution >= 4 is 11.9 Å². The molecule has 2 bridgehead atoms. The van der Waals surface area contributed by atoms with Gasteiger partial charge in [-0.15, -0.1) is 0 Å². The Balaban J connectivity index is 1.45. The van der Waals surface area contributed by atoms with Crippen molar-refractivity contribution in [2.75, 3.05) is 20.2 Å². The fourth-order valence-electron chi connectivity index (χ4n) is 5.68. The number of likely N-dealkylation sites (tertiary alicyclic amines) is 1. The van der Waals surface area contributed by atoms with E-state index < -0.39 is 29.0 Å². The largest absolute Gasteiger partial charge is 0.502 e. The normalized spacial score (nSPS) is 19.4. The van der Waals surface area contributed by atoms with Crippen molar-refractivity contribution < 1.29 is 29.0 Å². The van der Waals surface area contributed by atoms with E-state index in [2.05, 4.69) is 4.90 Å². The number of carboxylic acid groups (broad SMARTS) is 1. The number of ether oxygens (including phenoxy) is 1. The highest BCUT2D eigenvalue weighted by Gasteiger charge is 2.35. The molecule has 3 aromatic rings. The zero-order valence-corrected chi connectivity index (χ0v) is 20.8. The molecule has 4 heterocycles. The van der Waals surface area contributed by atoms with Crippen LogP contribution in [0, 0.1) is 5.92 Å². The fourth-order valence-corrected chi connectivity index (χ4v) is 5.68. The Kier molecular flexibility index (Phi) is 6.90. The van der Waals surface area contributed by atoms with Gasteiger partial charge >= 0.3 is 11.9 Å². The van der Waals surface area contributed by atoms with Gasteiger partial charge in [-0.25, -0.2) is 4.79 Å². The third-order valence-corrected chi connectivity index (χ3v) is 7.41. The molecule has 3 atom stereocenters. The summed E-state index contributed by atoms with van der Waals surface area (Å²) in [7, 11) is 1.23. The summed E-state index contributed by atoms with van der Waals surface area (Å²) < 4.78 is 12.7. The van der Waals surface area contributed by atoms with Gasteiger partial charge < -0.3 is 23.9 Å². The lowest BCUT2D eigenvalue weighted by Crippen LogP contribution is -2.46. The van der Waals surface area contributed by atoms with Crippen molar-refractivity contribution in [2.45, 2.75) is 37.8 Å². The lowest BCUT2D eigenvalue weighted by Gasteiger charge is -2.42. The summed E-state index contributed by atoms with van der Waals surface area (Å²) in [6, 6.07) is 12.4. The first kappa shape index (κ1) is 25.5. The zero-order chi connectivity index (χ0) is 27.0. The molecule has 2 N–H and O–H groups in total. The number of hydrogen-bond acceptors (Lipinski definition) is 8. The van der Waals surface area contributed by atoms with Gasteiger partial charge in [0, 0.05) is 43.4 Å². The summed E-state index contributed by atoms with van der Waals surface area (Å²) in [6.45, 7) is 2.36. The van der Waals surface area contributed by atoms with Crippen LogP contribution < -0.4 is 11.0 Å². The number of aromatic carboxylic acids is 1. The number of benzene rings is 1. The average molecular weight is 521 g/mol. The summed E-state index contributed by atoms with van der Waals surface area (Å²) in [5.74, 6) is -2.42. The van der Waals surface area contributed by atoms with E-state index in [0.717, 1.165) is 18.7 Å². The molecule has 5 rings (SSSR count). The van der Waals surface area contributed by atoms with Crippen LogP contribution in [0.4, 0.5) is 0 Å². The molecule has 0 unspecified atom stereocenters. The number of methoxy groups -OCH3 is 1. The number of fused-ring (bicyclic) bond motifs is 4. The van der Waals surface area contributed by atoms with E-state index in [9.17, 15) is 29.4 Å². The summed E-state index contributed by atoms with van der Waals surface area (Å²) in [6.07, 6.45) is 0.764. The van der Waals surface area contributed by atoms with Crippen LogP contribution in [0.25, 0.3) is 0 Å². The lowest BCUT2D eigenvalue weighted by molar-refractivity contribution is -0.140. The highest BCUT2D eigenvalue weighted by atomic mass is 16.5. The molecule has 0 amide bonds. The molecule has 2 aliphatic rings. The maximum Gasteiger partial charge on any atom is 0.335 e. The Morgan fingerprint density at radius 1 is 1.11 bits per heavy atom. The van der Waals surface area contributed by atoms with Crippen LogP contribution in [0.15, 0.2) is 62.5 Å². The molecule has 1 aromatic carbocycles. The van der Waals surface area contributed by atoms with Crippen molar-refractivity contribution in [1.82, 2.24) is 9.47 Å². The third kappa shape index (κ3) is 4.99. The average Bonchev–Trinajstić information content (AvgIpc) is 2.90. The summed E-state index contributed by atoms with van der Waals surface area (Å²) in [5, 5.41) is 19.9. The topological polar surface area (TPSA) is 139 Å². The first-order valence-corrected chi connectivity index (χ1v) is 12.4. The number of rotatable bonds is 7. The number of aromatic hydroxyl groups is 1. The third-order valence-electron chi connectivity index (χ3n) is 7.41. The van der Waals surface area contributed by atoms with E-state index in [1.165, 1.54) is 37.4 Å². The number of carbonyl (C=O) groups excluding carboxylic acids is 1. The molecular weight excluding hydrogens is 492 g/mol. The maximum absolute atomic E-state index is 12.8. The second-order valence-electron chi connectivity index (χ2n) is 9.94. The lowest BCUT2D eigenvalue weighted by atomic mass is 9.83. The van der Waals surface area contributed by atoms with Crippen molar-refractivity contribution in [2.24, 2.45) is 5.92 Å². The Hall–Kier alpha value is -4.18. The first-order valence-electron chi connectivity index (χ1n) is 12.4. The smallest absolute Gasteiger partial charge is 0.335 e. The van der Waals surface area contributed by atoms with Crippen molar-refractivity contribution in [1.29, 1.82) is 0 Å². The monoisotopic (exact) mass is 520 g/mol. The Morgan fingerprint density at radius 3 is 2.58 bits per heavy atom. The van der Waals surface area contributed by atoms with E-state index in [4.69, 9.17) is 9.15 Å². The molecule has 0 radical (unpaired) electrons. The number of carboxylic acids is 1. The van der Waals surface area contributed by atoms with Crippen LogP contribution in [-0.4, -0.2) is 51.8 Å². The molecule has 198 valence electrons. The van der Waals surface area contributed by atoms with Gasteiger partial charge in [-0.1, -0.05) is 18.2 Å². The molecule has 10 heteroatoms. The molecule has 38 heavy (non-hydrogen) atoms. The molecule has 1 saturated heterocycles. The van der Waals surface area contributed by atoms with Crippen LogP contribution in [0.3, 0.4) is 0 Å².